The number of methoxy groups -OCH3 is 1. The molecule has 3 rings (SSSR count). The number of carbonyl (C=O) groups excluding carboxylic acids is 2. The number of urea groups is 1. The maximum Gasteiger partial charge on any atom is 0.323 e. The zero-order valence-electron chi connectivity index (χ0n) is 21.9. The zero-order valence-corrected chi connectivity index (χ0v) is 21.9. The number of nitrogens with zero attached hydrogens (tertiary/aromatic N) is 1. The van der Waals surface area contributed by atoms with Gasteiger partial charge in [-0.1, -0.05) is 36.4 Å². The minimum absolute atomic E-state index is 0.0958. The maximum absolute atomic E-state index is 12.6. The highest BCUT2D eigenvalue weighted by Gasteiger charge is 2.18. The molecule has 1 aliphatic rings. The Bertz CT molecular complexity index is 1250. The molecule has 0 aromatic heterocycles. The summed E-state index contributed by atoms with van der Waals surface area (Å²) in [6.07, 6.45) is 10.7. The first-order chi connectivity index (χ1) is 18.2. The molecule has 0 radical (unpaired) electrons. The van der Waals surface area contributed by atoms with Crippen molar-refractivity contribution in [3.63, 3.8) is 0 Å². The zero-order chi connectivity index (χ0) is 27.5. The Morgan fingerprint density at radius 1 is 1.05 bits per heavy atom. The fraction of sp³-hybridized carbons (Fsp3) is 0.276. The van der Waals surface area contributed by atoms with E-state index in [1.807, 2.05) is 72.8 Å². The Balaban J connectivity index is 1.76. The van der Waals surface area contributed by atoms with Gasteiger partial charge in [-0.15, -0.1) is 0 Å². The molecule has 9 nitrogen and oxygen atoms in total. The summed E-state index contributed by atoms with van der Waals surface area (Å²) in [6, 6.07) is 12.1. The largest absolute Gasteiger partial charge is 0.495 e. The van der Waals surface area contributed by atoms with Gasteiger partial charge >= 0.3 is 12.0 Å². The van der Waals surface area contributed by atoms with Crippen molar-refractivity contribution >= 4 is 29.3 Å². The summed E-state index contributed by atoms with van der Waals surface area (Å²) in [5.41, 5.74) is 3.92. The van der Waals surface area contributed by atoms with Gasteiger partial charge in [0.2, 0.25) is 5.91 Å². The number of amides is 3. The molecule has 1 atom stereocenters. The van der Waals surface area contributed by atoms with Gasteiger partial charge in [-0.25, -0.2) is 4.79 Å². The third kappa shape index (κ3) is 8.55. The van der Waals surface area contributed by atoms with Gasteiger partial charge in [0.05, 0.1) is 18.8 Å². The lowest BCUT2D eigenvalue weighted by atomic mass is 9.98. The molecule has 200 valence electrons. The molecule has 0 saturated carbocycles. The second-order valence-corrected chi connectivity index (χ2v) is 8.95. The van der Waals surface area contributed by atoms with Crippen molar-refractivity contribution in [2.45, 2.75) is 39.2 Å². The normalized spacial score (nSPS) is 13.2. The summed E-state index contributed by atoms with van der Waals surface area (Å²) in [6.45, 7) is 3.95. The number of aryl methyl sites for hydroxylation is 1. The van der Waals surface area contributed by atoms with Gasteiger partial charge < -0.3 is 30.7 Å². The standard InChI is InChI=1S/C29H34N4O5/c1-20-9-4-5-11-24(20)31-29(37)32-25-14-13-23(18-27(25)38-3)26(30-21(2)34)17-22-10-6-7-15-33(19-22)16-8-12-28(35)36/h4-7,9-11,13-15,18-19,26H,8,12,16-17H2,1-3H3,(H,30,34)(H,35,36)(H2,31,32,37). The quantitative estimate of drug-likeness (QED) is 0.318. The van der Waals surface area contributed by atoms with Crippen LogP contribution in [0.1, 0.15) is 43.4 Å². The Kier molecular flexibility index (Phi) is 10.1. The van der Waals surface area contributed by atoms with E-state index >= 15 is 0 Å². The van der Waals surface area contributed by atoms with Crippen LogP contribution < -0.4 is 20.7 Å². The molecule has 38 heavy (non-hydrogen) atoms. The number of hydrogen-bond acceptors (Lipinski definition) is 5. The number of ether oxygens (including phenoxy) is 1. The van der Waals surface area contributed by atoms with Gasteiger partial charge in [0.1, 0.15) is 5.75 Å². The molecule has 2 aromatic rings. The molecule has 0 spiro atoms. The first-order valence-corrected chi connectivity index (χ1v) is 12.4. The van der Waals surface area contributed by atoms with Gasteiger partial charge in [0.25, 0.3) is 0 Å². The summed E-state index contributed by atoms with van der Waals surface area (Å²) < 4.78 is 5.56. The van der Waals surface area contributed by atoms with Crippen LogP contribution in [-0.4, -0.2) is 41.6 Å². The highest BCUT2D eigenvalue weighted by Crippen LogP contribution is 2.31. The van der Waals surface area contributed by atoms with Gasteiger partial charge in [-0.05, 0) is 60.7 Å². The fourth-order valence-electron chi connectivity index (χ4n) is 4.06. The SMILES string of the molecule is COc1cc(C(CC2=CN(CCCC(=O)O)C=CC=C2)NC(C)=O)ccc1NC(=O)Nc1ccccc1C. The van der Waals surface area contributed by atoms with E-state index in [1.54, 1.807) is 12.1 Å². The third-order valence-electron chi connectivity index (χ3n) is 5.92. The van der Waals surface area contributed by atoms with E-state index in [-0.39, 0.29) is 18.4 Å². The molecule has 4 N–H and O–H groups in total. The number of para-hydroxylation sites is 1. The summed E-state index contributed by atoms with van der Waals surface area (Å²) in [5, 5.41) is 17.6. The predicted molar refractivity (Wildman–Crippen MR) is 148 cm³/mol. The number of carboxylic acids is 1. The topological polar surface area (TPSA) is 120 Å². The number of benzene rings is 2. The number of carbonyl (C=O) groups is 3. The minimum atomic E-state index is -0.823. The van der Waals surface area contributed by atoms with Gasteiger partial charge in [-0.2, -0.15) is 0 Å². The maximum atomic E-state index is 12.6. The van der Waals surface area contributed by atoms with E-state index in [0.717, 1.165) is 16.7 Å². The molecule has 2 aromatic carbocycles. The number of anilines is 2. The van der Waals surface area contributed by atoms with Crippen LogP contribution in [0, 0.1) is 6.92 Å². The second-order valence-electron chi connectivity index (χ2n) is 8.95. The lowest BCUT2D eigenvalue weighted by molar-refractivity contribution is -0.137. The average Bonchev–Trinajstić information content (AvgIpc) is 3.09. The van der Waals surface area contributed by atoms with Crippen LogP contribution in [0.5, 0.6) is 5.75 Å². The lowest BCUT2D eigenvalue weighted by Crippen LogP contribution is -2.27. The van der Waals surface area contributed by atoms with Gasteiger partial charge in [0.15, 0.2) is 0 Å². The molecule has 1 unspecified atom stereocenters. The van der Waals surface area contributed by atoms with E-state index in [2.05, 4.69) is 16.0 Å². The van der Waals surface area contributed by atoms with Crippen molar-refractivity contribution in [1.29, 1.82) is 0 Å². The van der Waals surface area contributed by atoms with Crippen LogP contribution in [-0.2, 0) is 9.59 Å². The Morgan fingerprint density at radius 2 is 1.82 bits per heavy atom. The van der Waals surface area contributed by atoms with Gasteiger partial charge in [-0.3, -0.25) is 9.59 Å². The fourth-order valence-corrected chi connectivity index (χ4v) is 4.06. The lowest BCUT2D eigenvalue weighted by Gasteiger charge is -2.22. The Hall–Kier alpha value is -4.53. The van der Waals surface area contributed by atoms with Crippen molar-refractivity contribution in [3.05, 3.63) is 89.8 Å². The summed E-state index contributed by atoms with van der Waals surface area (Å²) in [7, 11) is 1.52. The van der Waals surface area contributed by atoms with E-state index in [9.17, 15) is 14.4 Å². The number of hydrogen-bond donors (Lipinski definition) is 4. The number of allylic oxidation sites excluding steroid dienone is 3. The average molecular weight is 519 g/mol. The summed E-state index contributed by atoms with van der Waals surface area (Å²) in [4.78, 5) is 37.5. The van der Waals surface area contributed by atoms with Crippen molar-refractivity contribution in [3.8, 4) is 5.75 Å². The van der Waals surface area contributed by atoms with Crippen molar-refractivity contribution in [2.75, 3.05) is 24.3 Å². The van der Waals surface area contributed by atoms with E-state index < -0.39 is 12.0 Å². The summed E-state index contributed by atoms with van der Waals surface area (Å²) in [5.74, 6) is -0.542. The van der Waals surface area contributed by atoms with Gasteiger partial charge in [0, 0.05) is 38.0 Å². The van der Waals surface area contributed by atoms with E-state index in [1.165, 1.54) is 14.0 Å². The number of rotatable bonds is 11. The Labute approximate surface area is 222 Å². The van der Waals surface area contributed by atoms with Crippen LogP contribution in [0.4, 0.5) is 16.2 Å². The second kappa shape index (κ2) is 13.7. The molecule has 0 bridgehead atoms. The van der Waals surface area contributed by atoms with Crippen LogP contribution in [0.25, 0.3) is 0 Å². The predicted octanol–water partition coefficient (Wildman–Crippen LogP) is 5.35. The van der Waals surface area contributed by atoms with Crippen molar-refractivity contribution in [2.24, 2.45) is 0 Å². The molecule has 9 heteroatoms. The highest BCUT2D eigenvalue weighted by atomic mass is 16.5. The molecule has 0 aliphatic carbocycles. The van der Waals surface area contributed by atoms with E-state index in [0.29, 0.717) is 36.5 Å². The van der Waals surface area contributed by atoms with Crippen molar-refractivity contribution in [1.82, 2.24) is 10.2 Å². The molecule has 1 aliphatic heterocycles. The summed E-state index contributed by atoms with van der Waals surface area (Å²) >= 11 is 0. The van der Waals surface area contributed by atoms with Crippen molar-refractivity contribution < 1.29 is 24.2 Å². The van der Waals surface area contributed by atoms with Crippen LogP contribution in [0.15, 0.2) is 78.7 Å². The first-order valence-electron chi connectivity index (χ1n) is 12.4. The molecule has 3 amide bonds. The first kappa shape index (κ1) is 28.0. The third-order valence-corrected chi connectivity index (χ3v) is 5.92. The number of nitrogens with one attached hydrogen (secondary N) is 3. The molecule has 0 saturated heterocycles. The van der Waals surface area contributed by atoms with Crippen LogP contribution in [0.2, 0.25) is 0 Å². The highest BCUT2D eigenvalue weighted by molar-refractivity contribution is 6.01. The minimum Gasteiger partial charge on any atom is -0.495 e. The number of carboxylic acid groups (broad SMARTS) is 1. The molecule has 0 fully saturated rings. The molecular formula is C29H34N4O5. The Morgan fingerprint density at radius 3 is 2.53 bits per heavy atom. The monoisotopic (exact) mass is 518 g/mol. The smallest absolute Gasteiger partial charge is 0.323 e. The van der Waals surface area contributed by atoms with E-state index in [4.69, 9.17) is 9.84 Å². The van der Waals surface area contributed by atoms with Crippen LogP contribution in [0.3, 0.4) is 0 Å². The molecule has 1 heterocycles. The van der Waals surface area contributed by atoms with Crippen LogP contribution >= 0.6 is 0 Å². The number of aliphatic carboxylic acids is 1. The molecular weight excluding hydrogens is 484 g/mol.